The highest BCUT2D eigenvalue weighted by Gasteiger charge is 2.34. The topological polar surface area (TPSA) is 84.6 Å². The number of benzene rings is 1. The maximum Gasteiger partial charge on any atom is 0.257 e. The first-order valence-electron chi connectivity index (χ1n) is 7.56. The van der Waals surface area contributed by atoms with E-state index in [2.05, 4.69) is 5.32 Å². The number of aliphatic hydroxyl groups excluding tert-OH is 1. The highest BCUT2D eigenvalue weighted by Crippen LogP contribution is 2.30. The SMILES string of the molecule is CCOc1cccc(N)c1C(=O)NC1(CO)CCCCC1. The molecule has 1 amide bonds. The number of rotatable bonds is 5. The van der Waals surface area contributed by atoms with Crippen LogP contribution in [0.3, 0.4) is 0 Å². The van der Waals surface area contributed by atoms with E-state index in [1.54, 1.807) is 18.2 Å². The first kappa shape index (κ1) is 15.6. The van der Waals surface area contributed by atoms with Crippen LogP contribution in [0.4, 0.5) is 5.69 Å². The molecule has 0 bridgehead atoms. The highest BCUT2D eigenvalue weighted by molar-refractivity contribution is 6.02. The van der Waals surface area contributed by atoms with Crippen LogP contribution in [0.25, 0.3) is 0 Å². The second-order valence-electron chi connectivity index (χ2n) is 5.61. The van der Waals surface area contributed by atoms with Crippen molar-refractivity contribution in [3.63, 3.8) is 0 Å². The fourth-order valence-corrected chi connectivity index (χ4v) is 2.92. The van der Waals surface area contributed by atoms with E-state index >= 15 is 0 Å². The average molecular weight is 292 g/mol. The van der Waals surface area contributed by atoms with E-state index in [0.29, 0.717) is 23.6 Å². The summed E-state index contributed by atoms with van der Waals surface area (Å²) in [6, 6.07) is 5.19. The van der Waals surface area contributed by atoms with Gasteiger partial charge in [0.05, 0.1) is 18.8 Å². The van der Waals surface area contributed by atoms with Crippen molar-refractivity contribution in [1.82, 2.24) is 5.32 Å². The number of carbonyl (C=O) groups excluding carboxylic acids is 1. The molecule has 0 spiro atoms. The normalized spacial score (nSPS) is 17.2. The third-order valence-electron chi connectivity index (χ3n) is 4.08. The zero-order valence-corrected chi connectivity index (χ0v) is 12.5. The van der Waals surface area contributed by atoms with Crippen molar-refractivity contribution in [2.45, 2.75) is 44.6 Å². The molecule has 21 heavy (non-hydrogen) atoms. The summed E-state index contributed by atoms with van der Waals surface area (Å²) in [5, 5.41) is 12.7. The second-order valence-corrected chi connectivity index (χ2v) is 5.61. The molecular weight excluding hydrogens is 268 g/mol. The lowest BCUT2D eigenvalue weighted by Crippen LogP contribution is -2.52. The number of nitrogens with one attached hydrogen (secondary N) is 1. The van der Waals surface area contributed by atoms with Gasteiger partial charge in [-0.05, 0) is 31.9 Å². The molecule has 116 valence electrons. The molecule has 0 radical (unpaired) electrons. The molecule has 1 saturated carbocycles. The Morgan fingerprint density at radius 1 is 1.38 bits per heavy atom. The monoisotopic (exact) mass is 292 g/mol. The number of hydrogen-bond acceptors (Lipinski definition) is 4. The van der Waals surface area contributed by atoms with Gasteiger partial charge in [0.1, 0.15) is 11.3 Å². The number of aliphatic hydroxyl groups is 1. The lowest BCUT2D eigenvalue weighted by molar-refractivity contribution is 0.0756. The second kappa shape index (κ2) is 6.80. The Morgan fingerprint density at radius 2 is 2.10 bits per heavy atom. The van der Waals surface area contributed by atoms with Crippen molar-refractivity contribution in [3.05, 3.63) is 23.8 Å². The molecule has 4 N–H and O–H groups in total. The molecule has 0 atom stereocenters. The molecule has 0 saturated heterocycles. The summed E-state index contributed by atoms with van der Waals surface area (Å²) >= 11 is 0. The van der Waals surface area contributed by atoms with Crippen molar-refractivity contribution >= 4 is 11.6 Å². The first-order valence-corrected chi connectivity index (χ1v) is 7.56. The zero-order chi connectivity index (χ0) is 15.3. The molecule has 1 aliphatic carbocycles. The molecule has 5 heteroatoms. The molecule has 1 aromatic rings. The Kier molecular flexibility index (Phi) is 5.07. The number of anilines is 1. The van der Waals surface area contributed by atoms with Gasteiger partial charge >= 0.3 is 0 Å². The van der Waals surface area contributed by atoms with E-state index < -0.39 is 5.54 Å². The smallest absolute Gasteiger partial charge is 0.257 e. The molecular formula is C16H24N2O3. The molecule has 1 aliphatic rings. The van der Waals surface area contributed by atoms with Gasteiger partial charge in [-0.15, -0.1) is 0 Å². The van der Waals surface area contributed by atoms with E-state index in [1.807, 2.05) is 6.92 Å². The van der Waals surface area contributed by atoms with Gasteiger partial charge in [0.25, 0.3) is 5.91 Å². The lowest BCUT2D eigenvalue weighted by atomic mass is 9.82. The molecule has 0 aliphatic heterocycles. The van der Waals surface area contributed by atoms with Gasteiger partial charge in [0.2, 0.25) is 0 Å². The maximum atomic E-state index is 12.6. The molecule has 5 nitrogen and oxygen atoms in total. The van der Waals surface area contributed by atoms with E-state index in [-0.39, 0.29) is 12.5 Å². The minimum absolute atomic E-state index is 0.0462. The largest absolute Gasteiger partial charge is 0.493 e. The van der Waals surface area contributed by atoms with E-state index in [1.165, 1.54) is 0 Å². The van der Waals surface area contributed by atoms with Crippen molar-refractivity contribution in [3.8, 4) is 5.75 Å². The van der Waals surface area contributed by atoms with Gasteiger partial charge in [-0.25, -0.2) is 0 Å². The summed E-state index contributed by atoms with van der Waals surface area (Å²) < 4.78 is 5.49. The van der Waals surface area contributed by atoms with E-state index in [4.69, 9.17) is 10.5 Å². The van der Waals surface area contributed by atoms with Crippen molar-refractivity contribution in [2.75, 3.05) is 18.9 Å². The minimum Gasteiger partial charge on any atom is -0.493 e. The molecule has 0 heterocycles. The molecule has 1 aromatic carbocycles. The summed E-state index contributed by atoms with van der Waals surface area (Å²) in [6.07, 6.45) is 4.78. The standard InChI is InChI=1S/C16H24N2O3/c1-2-21-13-8-6-7-12(17)14(13)15(20)18-16(11-19)9-4-3-5-10-16/h6-8,19H,2-5,9-11,17H2,1H3,(H,18,20). The van der Waals surface area contributed by atoms with Gasteiger partial charge in [-0.3, -0.25) is 4.79 Å². The van der Waals surface area contributed by atoms with Crippen LogP contribution >= 0.6 is 0 Å². The molecule has 0 aromatic heterocycles. The minimum atomic E-state index is -0.527. The molecule has 1 fully saturated rings. The zero-order valence-electron chi connectivity index (χ0n) is 12.5. The van der Waals surface area contributed by atoms with Crippen LogP contribution in [-0.4, -0.2) is 29.8 Å². The Morgan fingerprint density at radius 3 is 2.71 bits per heavy atom. The summed E-state index contributed by atoms with van der Waals surface area (Å²) in [4.78, 5) is 12.6. The fourth-order valence-electron chi connectivity index (χ4n) is 2.92. The number of nitrogens with two attached hydrogens (primary N) is 1. The summed E-state index contributed by atoms with van der Waals surface area (Å²) in [6.45, 7) is 2.28. The number of hydrogen-bond donors (Lipinski definition) is 3. The van der Waals surface area contributed by atoms with E-state index in [9.17, 15) is 9.90 Å². The van der Waals surface area contributed by atoms with Crippen LogP contribution in [-0.2, 0) is 0 Å². The summed E-state index contributed by atoms with van der Waals surface area (Å²) in [5.41, 5.74) is 6.16. The summed E-state index contributed by atoms with van der Waals surface area (Å²) in [7, 11) is 0. The van der Waals surface area contributed by atoms with Crippen LogP contribution in [0.5, 0.6) is 5.75 Å². The maximum absolute atomic E-state index is 12.6. The predicted molar refractivity (Wildman–Crippen MR) is 82.4 cm³/mol. The van der Waals surface area contributed by atoms with Gasteiger partial charge in [0.15, 0.2) is 0 Å². The van der Waals surface area contributed by atoms with Crippen LogP contribution < -0.4 is 15.8 Å². The van der Waals surface area contributed by atoms with Crippen molar-refractivity contribution in [2.24, 2.45) is 0 Å². The van der Waals surface area contributed by atoms with Crippen LogP contribution in [0.2, 0.25) is 0 Å². The highest BCUT2D eigenvalue weighted by atomic mass is 16.5. The third-order valence-corrected chi connectivity index (χ3v) is 4.08. The number of ether oxygens (including phenoxy) is 1. The fraction of sp³-hybridized carbons (Fsp3) is 0.562. The number of carbonyl (C=O) groups is 1. The first-order chi connectivity index (χ1) is 10.1. The van der Waals surface area contributed by atoms with Gasteiger partial charge in [0, 0.05) is 5.69 Å². The van der Waals surface area contributed by atoms with Gasteiger partial charge in [-0.2, -0.15) is 0 Å². The van der Waals surface area contributed by atoms with Gasteiger partial charge in [-0.1, -0.05) is 25.3 Å². The van der Waals surface area contributed by atoms with Crippen LogP contribution in [0, 0.1) is 0 Å². The van der Waals surface area contributed by atoms with Crippen LogP contribution in [0.15, 0.2) is 18.2 Å². The van der Waals surface area contributed by atoms with Crippen molar-refractivity contribution in [1.29, 1.82) is 0 Å². The lowest BCUT2D eigenvalue weighted by Gasteiger charge is -2.36. The molecule has 2 rings (SSSR count). The predicted octanol–water partition coefficient (Wildman–Crippen LogP) is 2.09. The third kappa shape index (κ3) is 3.47. The number of nitrogen functional groups attached to an aromatic ring is 1. The quantitative estimate of drug-likeness (QED) is 0.726. The van der Waals surface area contributed by atoms with Crippen LogP contribution in [0.1, 0.15) is 49.4 Å². The Hall–Kier alpha value is -1.75. The Balaban J connectivity index is 2.23. The number of amides is 1. The Labute approximate surface area is 125 Å². The molecule has 0 unspecified atom stereocenters. The Bertz CT molecular complexity index is 496. The average Bonchev–Trinajstić information content (AvgIpc) is 2.48. The van der Waals surface area contributed by atoms with Crippen molar-refractivity contribution < 1.29 is 14.6 Å². The van der Waals surface area contributed by atoms with E-state index in [0.717, 1.165) is 32.1 Å². The van der Waals surface area contributed by atoms with Gasteiger partial charge < -0.3 is 20.9 Å². The summed E-state index contributed by atoms with van der Waals surface area (Å²) in [5.74, 6) is 0.214.